The molecule has 0 fully saturated rings. The van der Waals surface area contributed by atoms with Crippen LogP contribution in [-0.4, -0.2) is 17.1 Å². The van der Waals surface area contributed by atoms with Gasteiger partial charge in [-0.1, -0.05) is 6.07 Å². The van der Waals surface area contributed by atoms with E-state index < -0.39 is 5.78 Å². The summed E-state index contributed by atoms with van der Waals surface area (Å²) in [6, 6.07) is 3.49. The zero-order valence-corrected chi connectivity index (χ0v) is 5.86. The molecule has 0 saturated heterocycles. The Morgan fingerprint density at radius 1 is 1.64 bits per heavy atom. The Bertz CT molecular complexity index is 256. The first-order valence-corrected chi connectivity index (χ1v) is 3.20. The summed E-state index contributed by atoms with van der Waals surface area (Å²) in [6.45, 7) is 0. The molecule has 0 atom stereocenters. The molecule has 0 aliphatic heterocycles. The maximum absolute atomic E-state index is 10.6. The van der Waals surface area contributed by atoms with Gasteiger partial charge >= 0.3 is 0 Å². The molecule has 56 valence electrons. The Morgan fingerprint density at radius 2 is 2.45 bits per heavy atom. The molecule has 11 heavy (non-hydrogen) atoms. The maximum atomic E-state index is 10.6. The number of carbonyl (C=O) groups is 2. The third kappa shape index (κ3) is 2.29. The van der Waals surface area contributed by atoms with Gasteiger partial charge in [0.15, 0.2) is 12.1 Å². The fourth-order valence-electron chi connectivity index (χ4n) is 0.746. The number of hydrogen-bond donors (Lipinski definition) is 0. The summed E-state index contributed by atoms with van der Waals surface area (Å²) in [5.74, 6) is -0.419. The maximum Gasteiger partial charge on any atom is 0.199 e. The number of rotatable bonds is 3. The van der Waals surface area contributed by atoms with Crippen LogP contribution in [0.3, 0.4) is 0 Å². The molecule has 0 radical (unpaired) electrons. The van der Waals surface area contributed by atoms with Crippen molar-refractivity contribution in [2.24, 2.45) is 0 Å². The minimum atomic E-state index is -0.419. The zero-order valence-electron chi connectivity index (χ0n) is 5.86. The highest BCUT2D eigenvalue weighted by molar-refractivity contribution is 6.25. The summed E-state index contributed by atoms with van der Waals surface area (Å²) in [5.41, 5.74) is 0.768. The highest BCUT2D eigenvalue weighted by Gasteiger charge is 1.99. The molecule has 0 N–H and O–H groups in total. The van der Waals surface area contributed by atoms with Crippen LogP contribution in [0.15, 0.2) is 24.5 Å². The molecular formula is C8H7NO2. The highest BCUT2D eigenvalue weighted by Crippen LogP contribution is 1.95. The molecule has 0 aliphatic rings. The predicted octanol–water partition coefficient (Wildman–Crippen LogP) is 0.392. The second-order valence-corrected chi connectivity index (χ2v) is 2.12. The SMILES string of the molecule is O=CC(=O)Cc1cccnc1. The molecule has 1 rings (SSSR count). The van der Waals surface area contributed by atoms with Gasteiger partial charge in [0.1, 0.15) is 0 Å². The van der Waals surface area contributed by atoms with Crippen molar-refractivity contribution in [2.75, 3.05) is 0 Å². The molecule has 1 aromatic heterocycles. The lowest BCUT2D eigenvalue weighted by atomic mass is 10.1. The van der Waals surface area contributed by atoms with E-state index in [9.17, 15) is 9.59 Å². The number of aromatic nitrogens is 1. The Kier molecular flexibility index (Phi) is 2.49. The minimum absolute atomic E-state index is 0.150. The van der Waals surface area contributed by atoms with Crippen molar-refractivity contribution in [2.45, 2.75) is 6.42 Å². The molecular weight excluding hydrogens is 142 g/mol. The molecule has 3 heteroatoms. The first-order valence-electron chi connectivity index (χ1n) is 3.20. The van der Waals surface area contributed by atoms with Crippen LogP contribution < -0.4 is 0 Å². The van der Waals surface area contributed by atoms with Gasteiger partial charge in [-0.15, -0.1) is 0 Å². The van der Waals surface area contributed by atoms with Crippen LogP contribution in [0.4, 0.5) is 0 Å². The molecule has 0 bridgehead atoms. The number of Topliss-reactive ketones (excluding diaryl/α,β-unsaturated/α-hetero) is 1. The first-order chi connectivity index (χ1) is 5.33. The van der Waals surface area contributed by atoms with Crippen LogP contribution in [0, 0.1) is 0 Å². The Hall–Kier alpha value is -1.51. The zero-order chi connectivity index (χ0) is 8.10. The van der Waals surface area contributed by atoms with Crippen molar-refractivity contribution in [3.8, 4) is 0 Å². The second-order valence-electron chi connectivity index (χ2n) is 2.12. The third-order valence-electron chi connectivity index (χ3n) is 1.23. The van der Waals surface area contributed by atoms with E-state index in [4.69, 9.17) is 0 Å². The second kappa shape index (κ2) is 3.61. The smallest absolute Gasteiger partial charge is 0.199 e. The normalized spacial score (nSPS) is 9.09. The van der Waals surface area contributed by atoms with E-state index in [0.717, 1.165) is 5.56 Å². The summed E-state index contributed by atoms with van der Waals surface area (Å²) < 4.78 is 0. The van der Waals surface area contributed by atoms with Crippen molar-refractivity contribution < 1.29 is 9.59 Å². The van der Waals surface area contributed by atoms with E-state index >= 15 is 0 Å². The molecule has 0 aromatic carbocycles. The van der Waals surface area contributed by atoms with E-state index in [1.165, 1.54) is 0 Å². The lowest BCUT2D eigenvalue weighted by Gasteiger charge is -1.92. The third-order valence-corrected chi connectivity index (χ3v) is 1.23. The van der Waals surface area contributed by atoms with Gasteiger partial charge in [0.05, 0.1) is 0 Å². The van der Waals surface area contributed by atoms with Gasteiger partial charge in [-0.05, 0) is 11.6 Å². The summed E-state index contributed by atoms with van der Waals surface area (Å²) in [5, 5.41) is 0. The standard InChI is InChI=1S/C8H7NO2/c10-6-8(11)4-7-2-1-3-9-5-7/h1-3,5-6H,4H2. The van der Waals surface area contributed by atoms with E-state index in [1.54, 1.807) is 24.5 Å². The van der Waals surface area contributed by atoms with Crippen LogP contribution in [0.25, 0.3) is 0 Å². The molecule has 3 nitrogen and oxygen atoms in total. The van der Waals surface area contributed by atoms with Gasteiger partial charge in [-0.25, -0.2) is 0 Å². The number of nitrogens with zero attached hydrogens (tertiary/aromatic N) is 1. The van der Waals surface area contributed by atoms with Crippen LogP contribution >= 0.6 is 0 Å². The molecule has 0 saturated carbocycles. The molecule has 0 aliphatic carbocycles. The molecule has 0 unspecified atom stereocenters. The Labute approximate surface area is 64.1 Å². The Balaban J connectivity index is 2.65. The largest absolute Gasteiger partial charge is 0.295 e. The van der Waals surface area contributed by atoms with Crippen molar-refractivity contribution in [1.29, 1.82) is 0 Å². The summed E-state index contributed by atoms with van der Waals surface area (Å²) in [4.78, 5) is 24.3. The van der Waals surface area contributed by atoms with E-state index in [-0.39, 0.29) is 6.42 Å². The van der Waals surface area contributed by atoms with Crippen LogP contribution in [0.2, 0.25) is 0 Å². The topological polar surface area (TPSA) is 47.0 Å². The quantitative estimate of drug-likeness (QED) is 0.461. The van der Waals surface area contributed by atoms with Gasteiger partial charge < -0.3 is 0 Å². The number of pyridine rings is 1. The minimum Gasteiger partial charge on any atom is -0.295 e. The van der Waals surface area contributed by atoms with E-state index in [1.807, 2.05) is 0 Å². The fourth-order valence-corrected chi connectivity index (χ4v) is 0.746. The van der Waals surface area contributed by atoms with Gasteiger partial charge in [0.2, 0.25) is 0 Å². The van der Waals surface area contributed by atoms with Crippen LogP contribution in [-0.2, 0) is 16.0 Å². The van der Waals surface area contributed by atoms with Gasteiger partial charge in [0, 0.05) is 18.8 Å². The summed E-state index contributed by atoms with van der Waals surface area (Å²) in [6.07, 6.45) is 3.67. The average Bonchev–Trinajstić information content (AvgIpc) is 2.06. The number of carbonyl (C=O) groups excluding carboxylic acids is 2. The fraction of sp³-hybridized carbons (Fsp3) is 0.125. The highest BCUT2D eigenvalue weighted by atomic mass is 16.2. The first kappa shape index (κ1) is 7.60. The van der Waals surface area contributed by atoms with Crippen LogP contribution in [0.1, 0.15) is 5.56 Å². The van der Waals surface area contributed by atoms with Crippen molar-refractivity contribution in [3.63, 3.8) is 0 Å². The van der Waals surface area contributed by atoms with Gasteiger partial charge in [-0.2, -0.15) is 0 Å². The lowest BCUT2D eigenvalue weighted by Crippen LogP contribution is -2.02. The number of ketones is 1. The molecule has 0 spiro atoms. The number of aldehydes is 1. The molecule has 0 amide bonds. The summed E-state index contributed by atoms with van der Waals surface area (Å²) in [7, 11) is 0. The number of hydrogen-bond acceptors (Lipinski definition) is 3. The van der Waals surface area contributed by atoms with E-state index in [0.29, 0.717) is 6.29 Å². The van der Waals surface area contributed by atoms with Gasteiger partial charge in [0.25, 0.3) is 0 Å². The average molecular weight is 149 g/mol. The predicted molar refractivity (Wildman–Crippen MR) is 39.0 cm³/mol. The molecule has 1 heterocycles. The van der Waals surface area contributed by atoms with Crippen LogP contribution in [0.5, 0.6) is 0 Å². The van der Waals surface area contributed by atoms with Crippen molar-refractivity contribution >= 4 is 12.1 Å². The van der Waals surface area contributed by atoms with Crippen molar-refractivity contribution in [3.05, 3.63) is 30.1 Å². The molecule has 1 aromatic rings. The monoisotopic (exact) mass is 149 g/mol. The Morgan fingerprint density at radius 3 is 3.00 bits per heavy atom. The van der Waals surface area contributed by atoms with Gasteiger partial charge in [-0.3, -0.25) is 14.6 Å². The van der Waals surface area contributed by atoms with E-state index in [2.05, 4.69) is 4.98 Å². The van der Waals surface area contributed by atoms with Crippen molar-refractivity contribution in [1.82, 2.24) is 4.98 Å². The summed E-state index contributed by atoms with van der Waals surface area (Å²) >= 11 is 0. The lowest BCUT2D eigenvalue weighted by molar-refractivity contribution is -0.129.